The van der Waals surface area contributed by atoms with E-state index in [2.05, 4.69) is 0 Å². The number of fused-ring (bicyclic) bond motifs is 2. The molecule has 3 aromatic rings. The Balaban J connectivity index is 1.68. The number of aliphatic carboxylic acids is 1. The summed E-state index contributed by atoms with van der Waals surface area (Å²) in [7, 11) is -18.7. The van der Waals surface area contributed by atoms with E-state index >= 15 is 0 Å². The summed E-state index contributed by atoms with van der Waals surface area (Å²) >= 11 is 0. The third-order valence-electron chi connectivity index (χ3n) is 11.1. The molecule has 0 bridgehead atoms. The van der Waals surface area contributed by atoms with Gasteiger partial charge in [0.1, 0.15) is 26.8 Å². The average Bonchev–Trinajstić information content (AvgIpc) is 3.50. The van der Waals surface area contributed by atoms with Gasteiger partial charge in [0.25, 0.3) is 0 Å². The van der Waals surface area contributed by atoms with Crippen LogP contribution in [0.15, 0.2) is 100 Å². The smallest absolute Gasteiger partial charge is 0.303 e. The van der Waals surface area contributed by atoms with E-state index in [-0.39, 0.29) is 51.6 Å². The van der Waals surface area contributed by atoms with E-state index < -0.39 is 78.6 Å². The average molecular weight is 932 g/mol. The van der Waals surface area contributed by atoms with Gasteiger partial charge >= 0.3 is 5.97 Å². The molecule has 62 heavy (non-hydrogen) atoms. The second-order valence-corrected chi connectivity index (χ2v) is 22.0. The third-order valence-corrected chi connectivity index (χ3v) is 14.4. The molecule has 16 nitrogen and oxygen atoms in total. The van der Waals surface area contributed by atoms with Gasteiger partial charge in [0.2, 0.25) is 5.69 Å². The number of allylic oxidation sites excluding steroid dienone is 6. The van der Waals surface area contributed by atoms with Crippen LogP contribution in [0.25, 0.3) is 5.57 Å². The molecule has 20 heteroatoms. The van der Waals surface area contributed by atoms with Crippen molar-refractivity contribution in [3.05, 3.63) is 113 Å². The highest BCUT2D eigenvalue weighted by atomic mass is 32.2. The Labute approximate surface area is 363 Å². The number of carboxylic acid groups (broad SMARTS) is 1. The number of benzene rings is 3. The molecule has 0 aliphatic carbocycles. The molecular formula is C42H47N2O14S4-3. The van der Waals surface area contributed by atoms with Crippen molar-refractivity contribution in [2.75, 3.05) is 29.5 Å². The van der Waals surface area contributed by atoms with Gasteiger partial charge in [-0.3, -0.25) is 4.79 Å². The Hall–Kier alpha value is -4.54. The lowest BCUT2D eigenvalue weighted by molar-refractivity contribution is -0.438. The highest BCUT2D eigenvalue weighted by Crippen LogP contribution is 2.49. The summed E-state index contributed by atoms with van der Waals surface area (Å²) in [6.45, 7) is 7.90. The number of hydrogen-bond donors (Lipinski definition) is 1. The number of rotatable bonds is 19. The van der Waals surface area contributed by atoms with E-state index in [1.165, 1.54) is 24.3 Å². The second kappa shape index (κ2) is 18.3. The molecule has 1 N–H and O–H groups in total. The van der Waals surface area contributed by atoms with Gasteiger partial charge in [-0.1, -0.05) is 56.3 Å². The van der Waals surface area contributed by atoms with E-state index in [1.54, 1.807) is 70.2 Å². The lowest BCUT2D eigenvalue weighted by Gasteiger charge is -2.27. The molecule has 0 aromatic heterocycles. The zero-order valence-corrected chi connectivity index (χ0v) is 37.7. The van der Waals surface area contributed by atoms with E-state index in [1.807, 2.05) is 27.7 Å². The topological polar surface area (TPSA) is 272 Å². The predicted octanol–water partition coefficient (Wildman–Crippen LogP) is 4.86. The summed E-state index contributed by atoms with van der Waals surface area (Å²) in [5.41, 5.74) is 3.93. The number of hydrogen-bond acceptors (Lipinski definition) is 14. The van der Waals surface area contributed by atoms with Crippen LogP contribution in [0, 0.1) is 0 Å². The molecule has 336 valence electrons. The van der Waals surface area contributed by atoms with Gasteiger partial charge in [0, 0.05) is 65.4 Å². The number of aryl methyl sites for hydroxylation is 1. The van der Waals surface area contributed by atoms with E-state index in [4.69, 9.17) is 0 Å². The summed E-state index contributed by atoms with van der Waals surface area (Å²) in [4.78, 5) is 12.1. The lowest BCUT2D eigenvalue weighted by atomic mass is 9.81. The molecule has 2 heterocycles. The highest BCUT2D eigenvalue weighted by Gasteiger charge is 2.45. The van der Waals surface area contributed by atoms with Crippen molar-refractivity contribution >= 4 is 69.1 Å². The maximum Gasteiger partial charge on any atom is 0.303 e. The van der Waals surface area contributed by atoms with E-state index in [0.717, 1.165) is 5.56 Å². The van der Waals surface area contributed by atoms with E-state index in [9.17, 15) is 61.8 Å². The molecule has 2 aliphatic rings. The fourth-order valence-electron chi connectivity index (χ4n) is 7.92. The van der Waals surface area contributed by atoms with Crippen LogP contribution in [-0.4, -0.2) is 97.8 Å². The van der Waals surface area contributed by atoms with Crippen molar-refractivity contribution in [1.29, 1.82) is 0 Å². The SMILES string of the molecule is CC1(C)C(/C=C/C(=C/C=C2\N(CCCCS(=O)(=O)[O-])c3cc(S(=O)(=O)[O-])ccc3C2(C)C)c2ccc(CCC(=O)O)cc2)=[N+](CCCCS(=O)(=O)[O-])c2cc(S(=O)(=O)[O-])ccc21. The summed E-state index contributed by atoms with van der Waals surface area (Å²) in [5.74, 6) is -2.17. The molecule has 0 unspecified atom stereocenters. The first-order valence-corrected chi connectivity index (χ1v) is 25.5. The Morgan fingerprint density at radius 2 is 1.29 bits per heavy atom. The first-order valence-electron chi connectivity index (χ1n) is 19.5. The van der Waals surface area contributed by atoms with Gasteiger partial charge in [-0.05, 0) is 92.1 Å². The molecule has 0 spiro atoms. The second-order valence-electron chi connectivity index (χ2n) is 16.2. The third kappa shape index (κ3) is 11.7. The van der Waals surface area contributed by atoms with Crippen LogP contribution >= 0.6 is 0 Å². The van der Waals surface area contributed by atoms with Gasteiger partial charge in [-0.15, -0.1) is 0 Å². The maximum absolute atomic E-state index is 12.1. The standard InChI is InChI=1S/C42H50N2O14S4/c1-41(2)34-18-16-32(61(53,54)55)27-36(34)43(23-5-7-25-59(47,48)49)38(41)20-14-31(30-12-9-29(10-13-30)11-22-40(45)46)15-21-39-42(3,4)35-19-17-33(62(56,57)58)28-37(35)44(39)24-6-8-26-60(50,51)52/h9-10,12-21,27-28H,5-8,11,22-26H2,1-4H3,(H4-,45,46,47,48,49,50,51,52,53,54,55,56,57,58)/p-3. The van der Waals surface area contributed by atoms with Crippen LogP contribution in [0.1, 0.15) is 82.1 Å². The summed E-state index contributed by atoms with van der Waals surface area (Å²) in [5, 5.41) is 9.23. The van der Waals surface area contributed by atoms with Gasteiger partial charge in [0.15, 0.2) is 5.71 Å². The molecule has 0 radical (unpaired) electrons. The number of carbonyl (C=O) groups is 1. The number of carboxylic acids is 1. The number of nitrogens with zero attached hydrogens (tertiary/aromatic N) is 2. The first kappa shape index (κ1) is 48.5. The van der Waals surface area contributed by atoms with E-state index in [0.29, 0.717) is 45.0 Å². The Morgan fingerprint density at radius 3 is 1.85 bits per heavy atom. The molecule has 0 saturated heterocycles. The molecule has 0 saturated carbocycles. The van der Waals surface area contributed by atoms with Crippen LogP contribution in [-0.2, 0) is 62.5 Å². The molecule has 5 rings (SSSR count). The predicted molar refractivity (Wildman–Crippen MR) is 227 cm³/mol. The molecule has 0 atom stereocenters. The summed E-state index contributed by atoms with van der Waals surface area (Å²) < 4.78 is 143. The highest BCUT2D eigenvalue weighted by molar-refractivity contribution is 7.86. The Bertz CT molecular complexity index is 2820. The number of anilines is 1. The van der Waals surface area contributed by atoms with Crippen molar-refractivity contribution in [2.45, 2.75) is 86.8 Å². The zero-order valence-electron chi connectivity index (χ0n) is 34.4. The van der Waals surface area contributed by atoms with Crippen molar-refractivity contribution in [2.24, 2.45) is 0 Å². The minimum Gasteiger partial charge on any atom is -0.748 e. The minimum atomic E-state index is -4.86. The fraction of sp³-hybridized carbons (Fsp3) is 0.381. The van der Waals surface area contributed by atoms with Crippen molar-refractivity contribution in [3.63, 3.8) is 0 Å². The Kier molecular flexibility index (Phi) is 14.3. The monoisotopic (exact) mass is 931 g/mol. The lowest BCUT2D eigenvalue weighted by Crippen LogP contribution is -2.28. The van der Waals surface area contributed by atoms with Crippen LogP contribution in [0.5, 0.6) is 0 Å². The summed E-state index contributed by atoms with van der Waals surface area (Å²) in [6, 6.07) is 15.3. The van der Waals surface area contributed by atoms with Crippen molar-refractivity contribution in [1.82, 2.24) is 0 Å². The maximum atomic E-state index is 12.1. The van der Waals surface area contributed by atoms with Gasteiger partial charge in [-0.25, -0.2) is 33.7 Å². The quantitative estimate of drug-likeness (QED) is 0.0728. The van der Waals surface area contributed by atoms with Gasteiger partial charge in [-0.2, -0.15) is 4.58 Å². The van der Waals surface area contributed by atoms with Crippen LogP contribution < -0.4 is 4.90 Å². The van der Waals surface area contributed by atoms with Gasteiger partial charge in [0.05, 0.1) is 35.4 Å². The molecule has 0 fully saturated rings. The summed E-state index contributed by atoms with van der Waals surface area (Å²) in [6.07, 6.45) is 7.87. The van der Waals surface area contributed by atoms with Crippen molar-refractivity contribution in [3.8, 4) is 0 Å². The van der Waals surface area contributed by atoms with Crippen LogP contribution in [0.3, 0.4) is 0 Å². The normalized spacial score (nSPS) is 17.3. The first-order chi connectivity index (χ1) is 28.6. The van der Waals surface area contributed by atoms with Crippen LogP contribution in [0.4, 0.5) is 11.4 Å². The molecule has 2 aliphatic heterocycles. The molecular weight excluding hydrogens is 885 g/mol. The minimum absolute atomic E-state index is 0.0190. The molecule has 0 amide bonds. The van der Waals surface area contributed by atoms with Crippen LogP contribution in [0.2, 0.25) is 0 Å². The van der Waals surface area contributed by atoms with Gasteiger partial charge < -0.3 is 28.2 Å². The largest absolute Gasteiger partial charge is 0.748 e. The number of unbranched alkanes of at least 4 members (excludes halogenated alkanes) is 2. The zero-order chi connectivity index (χ0) is 46.1. The fourth-order valence-corrected chi connectivity index (χ4v) is 10.0. The van der Waals surface area contributed by atoms with Crippen molar-refractivity contribution < 1.29 is 66.4 Å². The Morgan fingerprint density at radius 1 is 0.726 bits per heavy atom. The molecule has 3 aromatic carbocycles.